The van der Waals surface area contributed by atoms with E-state index in [-0.39, 0.29) is 0 Å². The predicted octanol–water partition coefficient (Wildman–Crippen LogP) is -0.250. The monoisotopic (exact) mass is 128 g/mol. The fourth-order valence-corrected chi connectivity index (χ4v) is 0.626. The zero-order valence-corrected chi connectivity index (χ0v) is 5.15. The van der Waals surface area contributed by atoms with Gasteiger partial charge in [0.2, 0.25) is 0 Å². The van der Waals surface area contributed by atoms with Crippen LogP contribution in [0, 0.1) is 0 Å². The number of hydroxylamine groups is 2. The first-order chi connectivity index (χ1) is 4.33. The van der Waals surface area contributed by atoms with Gasteiger partial charge in [-0.2, -0.15) is 5.06 Å². The van der Waals surface area contributed by atoms with Crippen LogP contribution in [0.25, 0.3) is 0 Å². The molecule has 1 heterocycles. The molecule has 0 fully saturated rings. The van der Waals surface area contributed by atoms with E-state index in [9.17, 15) is 4.79 Å². The molecule has 4 heteroatoms. The van der Waals surface area contributed by atoms with Crippen molar-refractivity contribution in [3.05, 3.63) is 12.4 Å². The van der Waals surface area contributed by atoms with Crippen molar-refractivity contribution in [2.45, 2.75) is 0 Å². The molecule has 0 bridgehead atoms. The highest BCUT2D eigenvalue weighted by atomic mass is 16.7. The second-order valence-electron chi connectivity index (χ2n) is 1.82. The molecule has 0 saturated carbocycles. The molecule has 0 atom stereocenters. The Morgan fingerprint density at radius 3 is 2.89 bits per heavy atom. The highest BCUT2D eigenvalue weighted by Gasteiger charge is 2.06. The Morgan fingerprint density at radius 1 is 1.67 bits per heavy atom. The normalized spacial score (nSPS) is 16.6. The van der Waals surface area contributed by atoms with Gasteiger partial charge >= 0.3 is 6.47 Å². The van der Waals surface area contributed by atoms with Crippen LogP contribution in [-0.2, 0) is 9.63 Å². The van der Waals surface area contributed by atoms with Crippen molar-refractivity contribution in [1.82, 2.24) is 9.96 Å². The van der Waals surface area contributed by atoms with E-state index in [1.165, 1.54) is 5.06 Å². The Labute approximate surface area is 53.3 Å². The largest absolute Gasteiger partial charge is 0.359 e. The van der Waals surface area contributed by atoms with Crippen LogP contribution >= 0.6 is 0 Å². The van der Waals surface area contributed by atoms with Crippen molar-refractivity contribution in [3.63, 3.8) is 0 Å². The Balaban J connectivity index is 2.31. The molecule has 4 nitrogen and oxygen atoms in total. The van der Waals surface area contributed by atoms with Gasteiger partial charge in [-0.1, -0.05) is 0 Å². The second kappa shape index (κ2) is 2.39. The zero-order chi connectivity index (χ0) is 6.69. The molecule has 0 spiro atoms. The van der Waals surface area contributed by atoms with Crippen LogP contribution in [0.1, 0.15) is 0 Å². The van der Waals surface area contributed by atoms with Crippen LogP contribution < -0.4 is 0 Å². The molecule has 0 aromatic carbocycles. The van der Waals surface area contributed by atoms with E-state index in [4.69, 9.17) is 0 Å². The summed E-state index contributed by atoms with van der Waals surface area (Å²) in [6.07, 6.45) is 3.51. The van der Waals surface area contributed by atoms with Gasteiger partial charge in [0.25, 0.3) is 0 Å². The topological polar surface area (TPSA) is 32.8 Å². The minimum Gasteiger partial charge on any atom is -0.359 e. The molecule has 1 aliphatic rings. The summed E-state index contributed by atoms with van der Waals surface area (Å²) in [5.41, 5.74) is 0. The van der Waals surface area contributed by atoms with Crippen molar-refractivity contribution in [1.29, 1.82) is 0 Å². The summed E-state index contributed by atoms with van der Waals surface area (Å²) in [5.74, 6) is 0. The van der Waals surface area contributed by atoms with E-state index in [2.05, 4.69) is 4.84 Å². The van der Waals surface area contributed by atoms with Crippen LogP contribution in [0.5, 0.6) is 0 Å². The van der Waals surface area contributed by atoms with Crippen molar-refractivity contribution in [2.75, 3.05) is 13.7 Å². The van der Waals surface area contributed by atoms with Gasteiger partial charge in [-0.3, -0.25) is 4.79 Å². The van der Waals surface area contributed by atoms with Crippen molar-refractivity contribution < 1.29 is 9.63 Å². The molecular weight excluding hydrogens is 120 g/mol. The molecular formula is C5H8N2O2. The molecule has 0 N–H and O–H groups in total. The van der Waals surface area contributed by atoms with Crippen LogP contribution in [0.4, 0.5) is 0 Å². The standard InChI is InChI=1S/C5H8N2O2/c1-6-2-3-7(4-6)9-5-8/h2-3,5H,4H2,1H3. The Morgan fingerprint density at radius 2 is 2.44 bits per heavy atom. The van der Waals surface area contributed by atoms with Gasteiger partial charge in [0, 0.05) is 13.2 Å². The lowest BCUT2D eigenvalue weighted by molar-refractivity contribution is -0.162. The molecule has 1 aliphatic heterocycles. The minimum atomic E-state index is 0.406. The number of carbonyl (C=O) groups is 1. The predicted molar refractivity (Wildman–Crippen MR) is 30.8 cm³/mol. The van der Waals surface area contributed by atoms with Crippen LogP contribution in [-0.4, -0.2) is 30.2 Å². The molecule has 0 radical (unpaired) electrons. The summed E-state index contributed by atoms with van der Waals surface area (Å²) in [4.78, 5) is 16.1. The third-order valence-electron chi connectivity index (χ3n) is 1.03. The quantitative estimate of drug-likeness (QED) is 0.480. The molecule has 0 aliphatic carbocycles. The van der Waals surface area contributed by atoms with Crippen LogP contribution in [0.15, 0.2) is 12.4 Å². The average molecular weight is 128 g/mol. The number of rotatable bonds is 2. The van der Waals surface area contributed by atoms with Crippen molar-refractivity contribution in [3.8, 4) is 0 Å². The average Bonchev–Trinajstić information content (AvgIpc) is 2.17. The SMILES string of the molecule is CN1C=CN(OC=O)C1. The molecule has 50 valence electrons. The number of hydrogen-bond acceptors (Lipinski definition) is 4. The number of nitrogens with zero attached hydrogens (tertiary/aromatic N) is 2. The van der Waals surface area contributed by atoms with Gasteiger partial charge < -0.3 is 9.74 Å². The van der Waals surface area contributed by atoms with Crippen LogP contribution in [0.2, 0.25) is 0 Å². The lowest BCUT2D eigenvalue weighted by Crippen LogP contribution is -2.21. The third kappa shape index (κ3) is 1.35. The highest BCUT2D eigenvalue weighted by molar-refractivity contribution is 5.36. The van der Waals surface area contributed by atoms with E-state index in [0.29, 0.717) is 13.1 Å². The fraction of sp³-hybridized carbons (Fsp3) is 0.400. The highest BCUT2D eigenvalue weighted by Crippen LogP contribution is 2.01. The first-order valence-electron chi connectivity index (χ1n) is 2.58. The summed E-state index contributed by atoms with van der Waals surface area (Å²) in [5, 5.41) is 1.44. The molecule has 0 saturated heterocycles. The summed E-state index contributed by atoms with van der Waals surface area (Å²) >= 11 is 0. The maximum absolute atomic E-state index is 9.75. The molecule has 1 rings (SSSR count). The number of hydrogen-bond donors (Lipinski definition) is 0. The van der Waals surface area contributed by atoms with E-state index < -0.39 is 0 Å². The zero-order valence-electron chi connectivity index (χ0n) is 5.15. The van der Waals surface area contributed by atoms with E-state index in [1.807, 2.05) is 18.1 Å². The molecule has 9 heavy (non-hydrogen) atoms. The van der Waals surface area contributed by atoms with Crippen molar-refractivity contribution in [2.24, 2.45) is 0 Å². The summed E-state index contributed by atoms with van der Waals surface area (Å²) in [6.45, 7) is 1.02. The summed E-state index contributed by atoms with van der Waals surface area (Å²) < 4.78 is 0. The summed E-state index contributed by atoms with van der Waals surface area (Å²) in [6, 6.07) is 0. The third-order valence-corrected chi connectivity index (χ3v) is 1.03. The fourth-order valence-electron chi connectivity index (χ4n) is 0.626. The second-order valence-corrected chi connectivity index (χ2v) is 1.82. The van der Waals surface area contributed by atoms with Gasteiger partial charge in [-0.15, -0.1) is 0 Å². The Bertz CT molecular complexity index is 135. The summed E-state index contributed by atoms with van der Waals surface area (Å²) in [7, 11) is 1.89. The van der Waals surface area contributed by atoms with Crippen LogP contribution in [0.3, 0.4) is 0 Å². The first kappa shape index (κ1) is 5.94. The minimum absolute atomic E-state index is 0.406. The van der Waals surface area contributed by atoms with Crippen molar-refractivity contribution >= 4 is 6.47 Å². The Kier molecular flexibility index (Phi) is 1.58. The maximum atomic E-state index is 9.75. The number of carbonyl (C=O) groups excluding carboxylic acids is 1. The van der Waals surface area contributed by atoms with E-state index in [0.717, 1.165) is 0 Å². The molecule has 0 amide bonds. The molecule has 0 unspecified atom stereocenters. The van der Waals surface area contributed by atoms with Gasteiger partial charge in [-0.25, -0.2) is 0 Å². The maximum Gasteiger partial charge on any atom is 0.320 e. The van der Waals surface area contributed by atoms with Gasteiger partial charge in [0.05, 0.1) is 6.20 Å². The lowest BCUT2D eigenvalue weighted by atomic mass is 10.9. The van der Waals surface area contributed by atoms with Gasteiger partial charge in [-0.05, 0) is 0 Å². The first-order valence-corrected chi connectivity index (χ1v) is 2.58. The van der Waals surface area contributed by atoms with Gasteiger partial charge in [0.1, 0.15) is 6.67 Å². The smallest absolute Gasteiger partial charge is 0.320 e. The van der Waals surface area contributed by atoms with E-state index >= 15 is 0 Å². The van der Waals surface area contributed by atoms with Gasteiger partial charge in [0.15, 0.2) is 0 Å². The van der Waals surface area contributed by atoms with E-state index in [1.54, 1.807) is 6.20 Å². The lowest BCUT2D eigenvalue weighted by Gasteiger charge is -2.13. The molecule has 0 aromatic heterocycles. The Hall–Kier alpha value is -1.19. The molecule has 0 aromatic rings.